The first-order valence-corrected chi connectivity index (χ1v) is 6.03. The standard InChI is InChI=1S/C10H19N7O3/c1-10(2,3)20-9(19)12-5-4-7-14-15-16-17(7)6-8(18)13-11/h4-6,11H2,1-3H3,(H,12,19)(H,13,18). The molecule has 0 saturated carbocycles. The fraction of sp³-hybridized carbons (Fsp3) is 0.700. The monoisotopic (exact) mass is 285 g/mol. The lowest BCUT2D eigenvalue weighted by Gasteiger charge is -2.19. The van der Waals surface area contributed by atoms with E-state index in [0.717, 1.165) is 0 Å². The number of tetrazole rings is 1. The third-order valence-electron chi connectivity index (χ3n) is 2.08. The summed E-state index contributed by atoms with van der Waals surface area (Å²) < 4.78 is 6.38. The molecule has 1 aromatic heterocycles. The second kappa shape index (κ2) is 6.80. The highest BCUT2D eigenvalue weighted by Crippen LogP contribution is 2.06. The van der Waals surface area contributed by atoms with Crippen molar-refractivity contribution in [3.63, 3.8) is 0 Å². The van der Waals surface area contributed by atoms with Gasteiger partial charge in [-0.2, -0.15) is 0 Å². The Balaban J connectivity index is 2.41. The lowest BCUT2D eigenvalue weighted by Crippen LogP contribution is -2.35. The van der Waals surface area contributed by atoms with Crippen LogP contribution in [0.2, 0.25) is 0 Å². The maximum Gasteiger partial charge on any atom is 0.407 e. The van der Waals surface area contributed by atoms with Crippen molar-refractivity contribution < 1.29 is 14.3 Å². The summed E-state index contributed by atoms with van der Waals surface area (Å²) in [4.78, 5) is 22.6. The number of alkyl carbamates (subject to hydrolysis) is 1. The van der Waals surface area contributed by atoms with E-state index < -0.39 is 17.6 Å². The lowest BCUT2D eigenvalue weighted by molar-refractivity contribution is -0.122. The summed E-state index contributed by atoms with van der Waals surface area (Å²) in [6.45, 7) is 5.54. The molecule has 0 aliphatic heterocycles. The maximum absolute atomic E-state index is 11.4. The van der Waals surface area contributed by atoms with Gasteiger partial charge in [0, 0.05) is 13.0 Å². The van der Waals surface area contributed by atoms with Gasteiger partial charge < -0.3 is 10.1 Å². The molecule has 0 aliphatic carbocycles. The van der Waals surface area contributed by atoms with Crippen molar-refractivity contribution >= 4 is 12.0 Å². The van der Waals surface area contributed by atoms with Gasteiger partial charge in [-0.05, 0) is 31.2 Å². The molecule has 1 aromatic rings. The summed E-state index contributed by atoms with van der Waals surface area (Å²) in [5.41, 5.74) is 1.43. The van der Waals surface area contributed by atoms with Crippen molar-refractivity contribution in [3.05, 3.63) is 5.82 Å². The van der Waals surface area contributed by atoms with Gasteiger partial charge in [0.25, 0.3) is 5.91 Å². The minimum atomic E-state index is -0.551. The smallest absolute Gasteiger partial charge is 0.407 e. The average Bonchev–Trinajstić information content (AvgIpc) is 2.74. The van der Waals surface area contributed by atoms with Gasteiger partial charge in [0.05, 0.1) is 0 Å². The van der Waals surface area contributed by atoms with Crippen LogP contribution in [0, 0.1) is 0 Å². The molecule has 1 heterocycles. The zero-order chi connectivity index (χ0) is 15.2. The topological polar surface area (TPSA) is 137 Å². The molecule has 10 heteroatoms. The Morgan fingerprint density at radius 3 is 2.70 bits per heavy atom. The summed E-state index contributed by atoms with van der Waals surface area (Å²) in [5, 5.41) is 13.5. The number of carbonyl (C=O) groups excluding carboxylic acids is 2. The average molecular weight is 285 g/mol. The summed E-state index contributed by atoms with van der Waals surface area (Å²) in [5.74, 6) is 5.03. The largest absolute Gasteiger partial charge is 0.444 e. The van der Waals surface area contributed by atoms with Crippen molar-refractivity contribution in [2.45, 2.75) is 39.3 Å². The molecule has 0 radical (unpaired) electrons. The van der Waals surface area contributed by atoms with Gasteiger partial charge >= 0.3 is 6.09 Å². The molecule has 0 saturated heterocycles. The zero-order valence-corrected chi connectivity index (χ0v) is 11.7. The Morgan fingerprint density at radius 1 is 1.40 bits per heavy atom. The van der Waals surface area contributed by atoms with Crippen LogP contribution in [0.1, 0.15) is 26.6 Å². The van der Waals surface area contributed by atoms with Crippen LogP contribution in [0.4, 0.5) is 4.79 Å². The van der Waals surface area contributed by atoms with Crippen LogP contribution >= 0.6 is 0 Å². The van der Waals surface area contributed by atoms with Gasteiger partial charge in [-0.25, -0.2) is 15.3 Å². The Labute approximate surface area is 116 Å². The minimum Gasteiger partial charge on any atom is -0.444 e. The van der Waals surface area contributed by atoms with Gasteiger partial charge in [0.1, 0.15) is 12.1 Å². The lowest BCUT2D eigenvalue weighted by atomic mass is 10.2. The van der Waals surface area contributed by atoms with E-state index in [0.29, 0.717) is 18.8 Å². The number of carbonyl (C=O) groups is 2. The van der Waals surface area contributed by atoms with Gasteiger partial charge in [-0.1, -0.05) is 0 Å². The van der Waals surface area contributed by atoms with Crippen molar-refractivity contribution in [2.75, 3.05) is 6.54 Å². The number of hydrogen-bond acceptors (Lipinski definition) is 7. The van der Waals surface area contributed by atoms with Gasteiger partial charge in [-0.3, -0.25) is 10.2 Å². The molecule has 1 rings (SSSR count). The first-order chi connectivity index (χ1) is 9.31. The number of nitrogens with zero attached hydrogens (tertiary/aromatic N) is 4. The molecule has 0 spiro atoms. The van der Waals surface area contributed by atoms with E-state index in [9.17, 15) is 9.59 Å². The third kappa shape index (κ3) is 5.61. The maximum atomic E-state index is 11.4. The molecule has 2 amide bonds. The van der Waals surface area contributed by atoms with Crippen molar-refractivity contribution in [3.8, 4) is 0 Å². The number of hydrazine groups is 1. The molecule has 112 valence electrons. The summed E-state index contributed by atoms with van der Waals surface area (Å²) >= 11 is 0. The second-order valence-electron chi connectivity index (χ2n) is 5.00. The number of nitrogens with one attached hydrogen (secondary N) is 2. The van der Waals surface area contributed by atoms with Crippen LogP contribution in [-0.4, -0.2) is 44.4 Å². The van der Waals surface area contributed by atoms with E-state index in [1.807, 2.05) is 5.43 Å². The Kier molecular flexibility index (Phi) is 5.38. The van der Waals surface area contributed by atoms with Crippen molar-refractivity contribution in [1.29, 1.82) is 0 Å². The Morgan fingerprint density at radius 2 is 2.10 bits per heavy atom. The number of hydrogen-bond donors (Lipinski definition) is 3. The molecular formula is C10H19N7O3. The molecule has 0 atom stereocenters. The fourth-order valence-corrected chi connectivity index (χ4v) is 1.30. The first-order valence-electron chi connectivity index (χ1n) is 6.03. The van der Waals surface area contributed by atoms with Crippen LogP contribution < -0.4 is 16.6 Å². The molecule has 0 bridgehead atoms. The van der Waals surface area contributed by atoms with Gasteiger partial charge in [0.2, 0.25) is 0 Å². The second-order valence-corrected chi connectivity index (χ2v) is 5.00. The summed E-state index contributed by atoms with van der Waals surface area (Å²) in [7, 11) is 0. The van der Waals surface area contributed by atoms with Crippen LogP contribution in [0.25, 0.3) is 0 Å². The van der Waals surface area contributed by atoms with Gasteiger partial charge in [-0.15, -0.1) is 5.10 Å². The Hall–Kier alpha value is -2.23. The number of nitrogens with two attached hydrogens (primary N) is 1. The molecule has 0 fully saturated rings. The highest BCUT2D eigenvalue weighted by Gasteiger charge is 2.16. The Bertz CT molecular complexity index is 466. The van der Waals surface area contributed by atoms with Crippen molar-refractivity contribution in [2.24, 2.45) is 5.84 Å². The first kappa shape index (κ1) is 15.8. The van der Waals surface area contributed by atoms with E-state index in [2.05, 4.69) is 20.8 Å². The quantitative estimate of drug-likeness (QED) is 0.348. The number of aromatic nitrogens is 4. The molecule has 10 nitrogen and oxygen atoms in total. The number of ether oxygens (including phenoxy) is 1. The summed E-state index contributed by atoms with van der Waals surface area (Å²) in [6, 6.07) is 0. The summed E-state index contributed by atoms with van der Waals surface area (Å²) in [6.07, 6.45) is -0.152. The van der Waals surface area contributed by atoms with Gasteiger partial charge in [0.15, 0.2) is 5.82 Å². The number of rotatable bonds is 5. The minimum absolute atomic E-state index is 0.0781. The molecule has 0 aliphatic rings. The van der Waals surface area contributed by atoms with Crippen LogP contribution in [0.3, 0.4) is 0 Å². The van der Waals surface area contributed by atoms with E-state index in [1.54, 1.807) is 20.8 Å². The normalized spacial score (nSPS) is 11.0. The zero-order valence-electron chi connectivity index (χ0n) is 11.7. The molecular weight excluding hydrogens is 266 g/mol. The number of amides is 2. The van der Waals surface area contributed by atoms with E-state index in [1.165, 1.54) is 4.68 Å². The van der Waals surface area contributed by atoms with Crippen LogP contribution in [-0.2, 0) is 22.5 Å². The van der Waals surface area contributed by atoms with E-state index >= 15 is 0 Å². The SMILES string of the molecule is CC(C)(C)OC(=O)NCCc1nnnn1CC(=O)NN. The molecule has 0 aromatic carbocycles. The van der Waals surface area contributed by atoms with Crippen LogP contribution in [0.15, 0.2) is 0 Å². The fourth-order valence-electron chi connectivity index (χ4n) is 1.30. The highest BCUT2D eigenvalue weighted by molar-refractivity contribution is 5.74. The molecule has 20 heavy (non-hydrogen) atoms. The predicted molar refractivity (Wildman–Crippen MR) is 68.1 cm³/mol. The van der Waals surface area contributed by atoms with Crippen molar-refractivity contribution in [1.82, 2.24) is 30.9 Å². The highest BCUT2D eigenvalue weighted by atomic mass is 16.6. The molecule has 4 N–H and O–H groups in total. The third-order valence-corrected chi connectivity index (χ3v) is 2.08. The molecule has 0 unspecified atom stereocenters. The van der Waals surface area contributed by atoms with E-state index in [-0.39, 0.29) is 6.54 Å². The van der Waals surface area contributed by atoms with E-state index in [4.69, 9.17) is 10.6 Å². The van der Waals surface area contributed by atoms with Crippen LogP contribution in [0.5, 0.6) is 0 Å². The predicted octanol–water partition coefficient (Wildman–Crippen LogP) is -1.27.